The number of hydrogen-bond donors (Lipinski definition) is 1. The molecule has 19 heavy (non-hydrogen) atoms. The summed E-state index contributed by atoms with van der Waals surface area (Å²) in [6.45, 7) is 6.98. The Balaban J connectivity index is 3.22. The van der Waals surface area contributed by atoms with Crippen LogP contribution in [-0.4, -0.2) is 13.1 Å². The maximum Gasteiger partial charge on any atom is 0.00870 e. The Morgan fingerprint density at radius 3 is 1.63 bits per heavy atom. The zero-order chi connectivity index (χ0) is 14.3. The van der Waals surface area contributed by atoms with Crippen LogP contribution in [-0.2, 0) is 0 Å². The average molecular weight is 270 g/mol. The third-order valence-electron chi connectivity index (χ3n) is 4.51. The smallest absolute Gasteiger partial charge is 0.00870 e. The van der Waals surface area contributed by atoms with Crippen LogP contribution in [0.4, 0.5) is 0 Å². The molecule has 0 radical (unpaired) electrons. The minimum atomic E-state index is 0.721. The van der Waals surface area contributed by atoms with E-state index in [1.54, 1.807) is 0 Å². The van der Waals surface area contributed by atoms with Crippen molar-refractivity contribution in [2.75, 3.05) is 7.05 Å². The lowest BCUT2D eigenvalue weighted by Crippen LogP contribution is -2.31. The average Bonchev–Trinajstić information content (AvgIpc) is 2.42. The lowest BCUT2D eigenvalue weighted by Gasteiger charge is -2.21. The van der Waals surface area contributed by atoms with Crippen LogP contribution >= 0.6 is 0 Å². The molecular formula is C18H39N. The van der Waals surface area contributed by atoms with Crippen molar-refractivity contribution in [3.63, 3.8) is 0 Å². The Labute approximate surface area is 122 Å². The Morgan fingerprint density at radius 2 is 1.21 bits per heavy atom. The van der Waals surface area contributed by atoms with E-state index in [9.17, 15) is 0 Å². The van der Waals surface area contributed by atoms with Gasteiger partial charge in [0.1, 0.15) is 0 Å². The second-order valence-corrected chi connectivity index (χ2v) is 6.25. The molecule has 0 aromatic heterocycles. The zero-order valence-electron chi connectivity index (χ0n) is 14.1. The molecule has 0 aliphatic rings. The van der Waals surface area contributed by atoms with Gasteiger partial charge in [0.15, 0.2) is 0 Å². The van der Waals surface area contributed by atoms with E-state index in [1.165, 1.54) is 77.0 Å². The van der Waals surface area contributed by atoms with Crippen molar-refractivity contribution in [3.05, 3.63) is 0 Å². The minimum absolute atomic E-state index is 0.721. The summed E-state index contributed by atoms with van der Waals surface area (Å²) in [4.78, 5) is 0. The second-order valence-electron chi connectivity index (χ2n) is 6.25. The van der Waals surface area contributed by atoms with Crippen molar-refractivity contribution in [3.8, 4) is 0 Å². The molecule has 0 bridgehead atoms. The maximum atomic E-state index is 3.44. The van der Waals surface area contributed by atoms with Crippen molar-refractivity contribution in [2.45, 2.75) is 104 Å². The van der Waals surface area contributed by atoms with Crippen molar-refractivity contribution in [2.24, 2.45) is 5.92 Å². The molecule has 1 N–H and O–H groups in total. The van der Waals surface area contributed by atoms with Crippen molar-refractivity contribution < 1.29 is 0 Å². The van der Waals surface area contributed by atoms with Gasteiger partial charge in [-0.2, -0.15) is 0 Å². The van der Waals surface area contributed by atoms with Gasteiger partial charge in [-0.3, -0.25) is 0 Å². The fourth-order valence-electron chi connectivity index (χ4n) is 3.05. The predicted molar refractivity (Wildman–Crippen MR) is 88.8 cm³/mol. The molecule has 0 saturated carbocycles. The van der Waals surface area contributed by atoms with Gasteiger partial charge >= 0.3 is 0 Å². The van der Waals surface area contributed by atoms with E-state index in [1.807, 2.05) is 0 Å². The van der Waals surface area contributed by atoms with E-state index in [-0.39, 0.29) is 0 Å². The Bertz CT molecular complexity index is 163. The second kappa shape index (κ2) is 14.4. The first-order valence-electron chi connectivity index (χ1n) is 8.93. The molecule has 2 unspecified atom stereocenters. The molecule has 0 fully saturated rings. The minimum Gasteiger partial charge on any atom is -0.317 e. The lowest BCUT2D eigenvalue weighted by molar-refractivity contribution is 0.355. The van der Waals surface area contributed by atoms with Gasteiger partial charge in [-0.15, -0.1) is 0 Å². The van der Waals surface area contributed by atoms with Crippen LogP contribution in [0.25, 0.3) is 0 Å². The molecule has 1 nitrogen and oxygen atoms in total. The van der Waals surface area contributed by atoms with Gasteiger partial charge in [-0.25, -0.2) is 0 Å². The van der Waals surface area contributed by atoms with Gasteiger partial charge < -0.3 is 5.32 Å². The van der Waals surface area contributed by atoms with Crippen LogP contribution in [0.1, 0.15) is 97.8 Å². The van der Waals surface area contributed by atoms with Crippen molar-refractivity contribution in [1.82, 2.24) is 5.32 Å². The molecule has 0 heterocycles. The van der Waals surface area contributed by atoms with E-state index in [4.69, 9.17) is 0 Å². The van der Waals surface area contributed by atoms with E-state index in [0.717, 1.165) is 12.0 Å². The Morgan fingerprint density at radius 1 is 0.737 bits per heavy atom. The van der Waals surface area contributed by atoms with E-state index < -0.39 is 0 Å². The van der Waals surface area contributed by atoms with Gasteiger partial charge in [-0.05, 0) is 25.8 Å². The highest BCUT2D eigenvalue weighted by molar-refractivity contribution is 4.69. The van der Waals surface area contributed by atoms with Gasteiger partial charge in [0.05, 0.1) is 0 Å². The number of unbranched alkanes of at least 4 members (excludes halogenated alkanes) is 9. The number of nitrogens with one attached hydrogen (secondary N) is 1. The molecule has 116 valence electrons. The summed E-state index contributed by atoms with van der Waals surface area (Å²) in [7, 11) is 2.10. The molecular weight excluding hydrogens is 230 g/mol. The fourth-order valence-corrected chi connectivity index (χ4v) is 3.05. The van der Waals surface area contributed by atoms with Crippen molar-refractivity contribution >= 4 is 0 Å². The monoisotopic (exact) mass is 269 g/mol. The summed E-state index contributed by atoms with van der Waals surface area (Å²) in [5.41, 5.74) is 0. The highest BCUT2D eigenvalue weighted by Crippen LogP contribution is 2.17. The zero-order valence-corrected chi connectivity index (χ0v) is 14.1. The highest BCUT2D eigenvalue weighted by Gasteiger charge is 2.12. The number of rotatable bonds is 14. The van der Waals surface area contributed by atoms with Crippen LogP contribution < -0.4 is 5.32 Å². The van der Waals surface area contributed by atoms with Crippen LogP contribution in [0.5, 0.6) is 0 Å². The molecule has 0 aliphatic heterocycles. The molecule has 1 heteroatoms. The summed E-state index contributed by atoms with van der Waals surface area (Å²) < 4.78 is 0. The molecule has 2 atom stereocenters. The molecule has 0 spiro atoms. The summed E-state index contributed by atoms with van der Waals surface area (Å²) in [5, 5.41) is 3.44. The molecule has 0 rings (SSSR count). The highest BCUT2D eigenvalue weighted by atomic mass is 14.9. The van der Waals surface area contributed by atoms with Crippen LogP contribution in [0.2, 0.25) is 0 Å². The maximum absolute atomic E-state index is 3.44. The summed E-state index contributed by atoms with van der Waals surface area (Å²) in [5.74, 6) is 0.837. The molecule has 0 aromatic rings. The van der Waals surface area contributed by atoms with Crippen LogP contribution in [0, 0.1) is 5.92 Å². The summed E-state index contributed by atoms with van der Waals surface area (Å²) >= 11 is 0. The third kappa shape index (κ3) is 11.5. The third-order valence-corrected chi connectivity index (χ3v) is 4.51. The molecule has 0 saturated heterocycles. The first-order chi connectivity index (χ1) is 9.26. The van der Waals surface area contributed by atoms with Crippen molar-refractivity contribution in [1.29, 1.82) is 0 Å². The quantitative estimate of drug-likeness (QED) is 0.385. The van der Waals surface area contributed by atoms with Gasteiger partial charge in [0, 0.05) is 6.04 Å². The SMILES string of the molecule is CCCCCCCCCCCCC(C)C(CC)NC. The first kappa shape index (κ1) is 19.0. The molecule has 0 amide bonds. The van der Waals surface area contributed by atoms with E-state index in [2.05, 4.69) is 33.1 Å². The van der Waals surface area contributed by atoms with Gasteiger partial charge in [-0.1, -0.05) is 85.0 Å². The van der Waals surface area contributed by atoms with Crippen LogP contribution in [0.15, 0.2) is 0 Å². The van der Waals surface area contributed by atoms with Gasteiger partial charge in [0.2, 0.25) is 0 Å². The standard InChI is InChI=1S/C18H39N/c1-5-7-8-9-10-11-12-13-14-15-16-17(3)18(6-2)19-4/h17-19H,5-16H2,1-4H3. The normalized spacial score (nSPS) is 14.5. The Kier molecular flexibility index (Phi) is 14.3. The first-order valence-corrected chi connectivity index (χ1v) is 8.93. The Hall–Kier alpha value is -0.0400. The molecule has 0 aromatic carbocycles. The fraction of sp³-hybridized carbons (Fsp3) is 1.00. The summed E-state index contributed by atoms with van der Waals surface area (Å²) in [6.07, 6.45) is 17.1. The largest absolute Gasteiger partial charge is 0.317 e. The number of hydrogen-bond acceptors (Lipinski definition) is 1. The lowest BCUT2D eigenvalue weighted by atomic mass is 9.93. The van der Waals surface area contributed by atoms with E-state index >= 15 is 0 Å². The predicted octanol–water partition coefficient (Wildman–Crippen LogP) is 5.93. The topological polar surface area (TPSA) is 12.0 Å². The van der Waals surface area contributed by atoms with Gasteiger partial charge in [0.25, 0.3) is 0 Å². The van der Waals surface area contributed by atoms with Crippen LogP contribution in [0.3, 0.4) is 0 Å². The molecule has 0 aliphatic carbocycles. The summed E-state index contributed by atoms with van der Waals surface area (Å²) in [6, 6.07) is 0.721. The van der Waals surface area contributed by atoms with E-state index in [0.29, 0.717) is 0 Å².